The molecule has 3 heteroatoms. The first kappa shape index (κ1) is 10.9. The lowest BCUT2D eigenvalue weighted by molar-refractivity contribution is -0.344. The second-order valence-corrected chi connectivity index (χ2v) is 2.55. The van der Waals surface area contributed by atoms with Crippen molar-refractivity contribution in [2.45, 2.75) is 0 Å². The zero-order chi connectivity index (χ0) is 10.4. The molecular weight excluding hydrogens is 287 g/mol. The first-order valence-electron chi connectivity index (χ1n) is 4.09. The van der Waals surface area contributed by atoms with Crippen LogP contribution in [0.25, 0.3) is 10.9 Å². The lowest BCUT2D eigenvalue weighted by Crippen LogP contribution is -2.02. The van der Waals surface area contributed by atoms with Gasteiger partial charge < -0.3 is 0 Å². The van der Waals surface area contributed by atoms with Crippen LogP contribution in [-0.2, 0) is 0 Å². The van der Waals surface area contributed by atoms with Crippen LogP contribution < -0.4 is 4.98 Å². The number of benzene rings is 1. The van der Waals surface area contributed by atoms with Crippen molar-refractivity contribution in [2.24, 2.45) is 0 Å². The minimum absolute atomic E-state index is 0.712. The summed E-state index contributed by atoms with van der Waals surface area (Å²) >= 11 is 2.15. The highest BCUT2D eigenvalue weighted by Crippen LogP contribution is 2.11. The molecule has 2 nitrogen and oxygen atoms in total. The van der Waals surface area contributed by atoms with Gasteiger partial charge in [0.05, 0.1) is 10.9 Å². The van der Waals surface area contributed by atoms with E-state index in [0.29, 0.717) is 5.56 Å². The van der Waals surface area contributed by atoms with Crippen LogP contribution in [0.2, 0.25) is 0 Å². The minimum Gasteiger partial charge on any atom is -0.211 e. The summed E-state index contributed by atoms with van der Waals surface area (Å²) in [6.07, 6.45) is 1.78. The van der Waals surface area contributed by atoms with Gasteiger partial charge in [0.15, 0.2) is 6.20 Å². The molecule has 0 saturated carbocycles. The molecule has 2 aromatic rings. The van der Waals surface area contributed by atoms with Gasteiger partial charge in [0.1, 0.15) is 6.07 Å². The molecule has 0 bridgehead atoms. The van der Waals surface area contributed by atoms with Crippen molar-refractivity contribution < 1.29 is 4.98 Å². The maximum atomic E-state index is 8.77. The van der Waals surface area contributed by atoms with E-state index in [-0.39, 0.29) is 0 Å². The van der Waals surface area contributed by atoms with E-state index >= 15 is 0 Å². The number of rotatable bonds is 0. The molecule has 2 rings (SSSR count). The highest BCUT2D eigenvalue weighted by Gasteiger charge is 2.02. The molecule has 0 aliphatic carbocycles. The second-order valence-electron chi connectivity index (χ2n) is 2.55. The highest BCUT2D eigenvalue weighted by atomic mass is 127. The Morgan fingerprint density at radius 2 is 1.93 bits per heavy atom. The summed E-state index contributed by atoms with van der Waals surface area (Å²) in [7, 11) is 0. The monoisotopic (exact) mass is 297 g/mol. The van der Waals surface area contributed by atoms with Gasteiger partial charge in [-0.2, -0.15) is 5.26 Å². The first-order chi connectivity index (χ1) is 6.92. The lowest BCUT2D eigenvalue weighted by atomic mass is 10.1. The summed E-state index contributed by atoms with van der Waals surface area (Å²) < 4.78 is 0. The van der Waals surface area contributed by atoms with Crippen LogP contribution in [-0.4, -0.2) is 4.93 Å². The molecule has 0 atom stereocenters. The summed E-state index contributed by atoms with van der Waals surface area (Å²) in [4.78, 5) is 5.04. The van der Waals surface area contributed by atoms with Crippen molar-refractivity contribution >= 4 is 33.5 Å². The molecule has 70 valence electrons. The Kier molecular flexibility index (Phi) is 4.33. The molecule has 14 heavy (non-hydrogen) atoms. The molecule has 1 heterocycles. The fraction of sp³-hybridized carbons (Fsp3) is 0.0909. The number of fused-ring (bicyclic) bond motifs is 1. The number of halogens is 1. The molecule has 0 aliphatic heterocycles. The number of para-hydroxylation sites is 1. The quantitative estimate of drug-likeness (QED) is 0.544. The largest absolute Gasteiger partial charge is 0.212 e. The maximum absolute atomic E-state index is 8.77. The molecule has 1 N–H and O–H groups in total. The van der Waals surface area contributed by atoms with Gasteiger partial charge in [-0.25, -0.2) is 4.98 Å². The highest BCUT2D eigenvalue weighted by molar-refractivity contribution is 14.1. The topological polar surface area (TPSA) is 37.9 Å². The number of alkyl halides is 1. The van der Waals surface area contributed by atoms with Gasteiger partial charge in [0.25, 0.3) is 0 Å². The van der Waals surface area contributed by atoms with E-state index in [2.05, 4.69) is 33.6 Å². The average molecular weight is 297 g/mol. The Labute approximate surface area is 96.7 Å². The molecule has 0 fully saturated rings. The minimum atomic E-state index is 0.712. The zero-order valence-electron chi connectivity index (χ0n) is 7.79. The Hall–Kier alpha value is -1.15. The number of aromatic nitrogens is 1. The molecule has 0 aliphatic rings. The molecule has 0 radical (unpaired) electrons. The third-order valence-corrected chi connectivity index (χ3v) is 1.83. The third kappa shape index (κ3) is 2.20. The summed E-state index contributed by atoms with van der Waals surface area (Å²) in [5, 5.41) is 9.75. The van der Waals surface area contributed by atoms with E-state index in [1.54, 1.807) is 12.3 Å². The van der Waals surface area contributed by atoms with Crippen molar-refractivity contribution in [3.63, 3.8) is 0 Å². The molecule has 0 unspecified atom stereocenters. The number of nitriles is 1. The number of nitrogens with one attached hydrogen (secondary N) is 1. The van der Waals surface area contributed by atoms with Gasteiger partial charge in [-0.15, -0.1) is 0 Å². The molecular formula is C11H10IN2+. The van der Waals surface area contributed by atoms with Crippen LogP contribution >= 0.6 is 22.6 Å². The van der Waals surface area contributed by atoms with Crippen LogP contribution in [0.3, 0.4) is 0 Å². The van der Waals surface area contributed by atoms with E-state index in [9.17, 15) is 0 Å². The van der Waals surface area contributed by atoms with E-state index in [0.717, 1.165) is 10.9 Å². The zero-order valence-corrected chi connectivity index (χ0v) is 9.95. The van der Waals surface area contributed by atoms with Gasteiger partial charge in [-0.1, -0.05) is 34.7 Å². The second kappa shape index (κ2) is 5.55. The van der Waals surface area contributed by atoms with Gasteiger partial charge in [0.2, 0.25) is 5.52 Å². The molecule has 0 amide bonds. The van der Waals surface area contributed by atoms with Crippen molar-refractivity contribution in [1.82, 2.24) is 0 Å². The molecule has 1 aromatic heterocycles. The van der Waals surface area contributed by atoms with E-state index in [4.69, 9.17) is 5.26 Å². The predicted octanol–water partition coefficient (Wildman–Crippen LogP) is 2.58. The molecule has 0 saturated heterocycles. The van der Waals surface area contributed by atoms with Crippen molar-refractivity contribution in [2.75, 3.05) is 4.93 Å². The normalized spacial score (nSPS) is 8.64. The number of aromatic amines is 1. The van der Waals surface area contributed by atoms with E-state index < -0.39 is 0 Å². The standard InChI is InChI=1S/C10H6N2.CH3I/c11-7-8-5-6-12-10-4-2-1-3-9(8)10;1-2/h1-6H;1H3/p+1. The van der Waals surface area contributed by atoms with Crippen LogP contribution in [0.15, 0.2) is 36.5 Å². The first-order valence-corrected chi connectivity index (χ1v) is 6.25. The van der Waals surface area contributed by atoms with Crippen molar-refractivity contribution in [3.8, 4) is 6.07 Å². The van der Waals surface area contributed by atoms with E-state index in [1.165, 1.54) is 0 Å². The van der Waals surface area contributed by atoms with Crippen LogP contribution in [0, 0.1) is 11.3 Å². The Balaban J connectivity index is 0.000000461. The lowest BCUT2D eigenvalue weighted by Gasteiger charge is -1.91. The van der Waals surface area contributed by atoms with Gasteiger partial charge in [-0.05, 0) is 11.0 Å². The molecule has 1 aromatic carbocycles. The van der Waals surface area contributed by atoms with Gasteiger partial charge >= 0.3 is 0 Å². The summed E-state index contributed by atoms with van der Waals surface area (Å²) in [6, 6.07) is 11.7. The van der Waals surface area contributed by atoms with Crippen LogP contribution in [0.4, 0.5) is 0 Å². The predicted molar refractivity (Wildman–Crippen MR) is 65.2 cm³/mol. The van der Waals surface area contributed by atoms with Crippen LogP contribution in [0.5, 0.6) is 0 Å². The Morgan fingerprint density at radius 1 is 1.21 bits per heavy atom. The fourth-order valence-corrected chi connectivity index (χ4v) is 1.25. The maximum Gasteiger partial charge on any atom is 0.212 e. The molecule has 0 spiro atoms. The average Bonchev–Trinajstić information content (AvgIpc) is 2.31. The Morgan fingerprint density at radius 3 is 2.64 bits per heavy atom. The Bertz CT molecular complexity index is 455. The number of hydrogen-bond donors (Lipinski definition) is 0. The van der Waals surface area contributed by atoms with Crippen LogP contribution in [0.1, 0.15) is 5.56 Å². The smallest absolute Gasteiger partial charge is 0.211 e. The van der Waals surface area contributed by atoms with Gasteiger partial charge in [-0.3, -0.25) is 0 Å². The number of nitrogens with zero attached hydrogens (tertiary/aromatic N) is 1. The number of H-pyrrole nitrogens is 1. The summed E-state index contributed by atoms with van der Waals surface area (Å²) in [6.45, 7) is 0. The van der Waals surface area contributed by atoms with E-state index in [1.807, 2.05) is 29.2 Å². The fourth-order valence-electron chi connectivity index (χ4n) is 1.25. The SMILES string of the molecule is CI.N#Cc1cc[nH+]c2ccccc12. The summed E-state index contributed by atoms with van der Waals surface area (Å²) in [5.41, 5.74) is 1.71. The van der Waals surface area contributed by atoms with Gasteiger partial charge in [0, 0.05) is 12.1 Å². The summed E-state index contributed by atoms with van der Waals surface area (Å²) in [5.74, 6) is 0. The van der Waals surface area contributed by atoms with Crippen molar-refractivity contribution in [3.05, 3.63) is 42.1 Å². The number of pyridine rings is 1. The third-order valence-electron chi connectivity index (χ3n) is 1.83. The van der Waals surface area contributed by atoms with Crippen molar-refractivity contribution in [1.29, 1.82) is 5.26 Å². The number of hydrogen-bond acceptors (Lipinski definition) is 1.